The summed E-state index contributed by atoms with van der Waals surface area (Å²) in [6.45, 7) is 7.21. The van der Waals surface area contributed by atoms with E-state index in [9.17, 15) is 9.59 Å². The van der Waals surface area contributed by atoms with Gasteiger partial charge in [-0.2, -0.15) is 0 Å². The third-order valence-electron chi connectivity index (χ3n) is 2.17. The molecule has 1 N–H and O–H groups in total. The summed E-state index contributed by atoms with van der Waals surface area (Å²) in [6.07, 6.45) is -0.581. The Hall–Kier alpha value is -1.84. The molecule has 0 aliphatic carbocycles. The summed E-state index contributed by atoms with van der Waals surface area (Å²) < 4.78 is 5.04. The standard InChI is InChI=1S/C14H19NO3/c1-10-5-7-11(8-6-10)12(16)9-15-13(17)18-14(2,3)4/h5-8H,9H2,1-4H3,(H,15,17). The van der Waals surface area contributed by atoms with Gasteiger partial charge < -0.3 is 10.1 Å². The van der Waals surface area contributed by atoms with Crippen LogP contribution in [0.15, 0.2) is 24.3 Å². The molecule has 4 heteroatoms. The third kappa shape index (κ3) is 4.99. The lowest BCUT2D eigenvalue weighted by molar-refractivity contribution is 0.0520. The minimum atomic E-state index is -0.581. The van der Waals surface area contributed by atoms with Crippen LogP contribution in [0.5, 0.6) is 0 Å². The number of hydrogen-bond acceptors (Lipinski definition) is 3. The Kier molecular flexibility index (Phi) is 4.48. The molecule has 1 rings (SSSR count). The average molecular weight is 249 g/mol. The Morgan fingerprint density at radius 3 is 2.22 bits per heavy atom. The van der Waals surface area contributed by atoms with Crippen molar-refractivity contribution >= 4 is 11.9 Å². The van der Waals surface area contributed by atoms with E-state index in [4.69, 9.17) is 4.74 Å². The molecule has 1 aromatic rings. The van der Waals surface area contributed by atoms with Crippen LogP contribution in [0.25, 0.3) is 0 Å². The van der Waals surface area contributed by atoms with Gasteiger partial charge in [0.05, 0.1) is 6.54 Å². The van der Waals surface area contributed by atoms with Gasteiger partial charge in [-0.1, -0.05) is 29.8 Å². The summed E-state index contributed by atoms with van der Waals surface area (Å²) in [5.41, 5.74) is 1.11. The summed E-state index contributed by atoms with van der Waals surface area (Å²) in [4.78, 5) is 23.1. The first-order valence-corrected chi connectivity index (χ1v) is 5.84. The molecule has 18 heavy (non-hydrogen) atoms. The van der Waals surface area contributed by atoms with Gasteiger partial charge in [-0.05, 0) is 27.7 Å². The molecule has 0 aliphatic heterocycles. The first kappa shape index (κ1) is 14.2. The number of aryl methyl sites for hydroxylation is 1. The topological polar surface area (TPSA) is 55.4 Å². The number of carbonyl (C=O) groups excluding carboxylic acids is 2. The number of Topliss-reactive ketones (excluding diaryl/α,β-unsaturated/α-hetero) is 1. The number of amides is 1. The lowest BCUT2D eigenvalue weighted by Gasteiger charge is -2.19. The Balaban J connectivity index is 2.47. The highest BCUT2D eigenvalue weighted by Crippen LogP contribution is 2.07. The molecule has 0 saturated heterocycles. The minimum Gasteiger partial charge on any atom is -0.444 e. The molecule has 0 radical (unpaired) electrons. The normalized spacial score (nSPS) is 10.9. The van der Waals surface area contributed by atoms with Gasteiger partial charge in [0, 0.05) is 5.56 Å². The molecule has 0 fully saturated rings. The van der Waals surface area contributed by atoms with Crippen LogP contribution in [0.2, 0.25) is 0 Å². The van der Waals surface area contributed by atoms with Gasteiger partial charge in [-0.25, -0.2) is 4.79 Å². The monoisotopic (exact) mass is 249 g/mol. The van der Waals surface area contributed by atoms with Crippen molar-refractivity contribution in [2.45, 2.75) is 33.3 Å². The highest BCUT2D eigenvalue weighted by molar-refractivity contribution is 5.98. The van der Waals surface area contributed by atoms with Gasteiger partial charge in [0.15, 0.2) is 5.78 Å². The van der Waals surface area contributed by atoms with Crippen LogP contribution in [-0.4, -0.2) is 24.0 Å². The fraction of sp³-hybridized carbons (Fsp3) is 0.429. The lowest BCUT2D eigenvalue weighted by Crippen LogP contribution is -2.35. The number of alkyl carbamates (subject to hydrolysis) is 1. The van der Waals surface area contributed by atoms with E-state index < -0.39 is 11.7 Å². The molecule has 0 spiro atoms. The van der Waals surface area contributed by atoms with Crippen LogP contribution >= 0.6 is 0 Å². The van der Waals surface area contributed by atoms with Crippen LogP contribution in [0.1, 0.15) is 36.7 Å². The Morgan fingerprint density at radius 2 is 1.72 bits per heavy atom. The zero-order chi connectivity index (χ0) is 13.8. The van der Waals surface area contributed by atoms with Crippen molar-refractivity contribution in [2.75, 3.05) is 6.54 Å². The van der Waals surface area contributed by atoms with E-state index in [2.05, 4.69) is 5.32 Å². The van der Waals surface area contributed by atoms with E-state index in [-0.39, 0.29) is 12.3 Å². The molecule has 1 amide bonds. The number of nitrogens with one attached hydrogen (secondary N) is 1. The number of benzene rings is 1. The maximum atomic E-state index is 11.8. The Labute approximate surface area is 107 Å². The quantitative estimate of drug-likeness (QED) is 0.838. The van der Waals surface area contributed by atoms with E-state index >= 15 is 0 Å². The van der Waals surface area contributed by atoms with Crippen LogP contribution < -0.4 is 5.32 Å². The number of hydrogen-bond donors (Lipinski definition) is 1. The van der Waals surface area contributed by atoms with Gasteiger partial charge in [-0.3, -0.25) is 4.79 Å². The number of carbonyl (C=O) groups is 2. The van der Waals surface area contributed by atoms with Crippen molar-refractivity contribution in [3.63, 3.8) is 0 Å². The molecule has 1 aromatic carbocycles. The highest BCUT2D eigenvalue weighted by atomic mass is 16.6. The van der Waals surface area contributed by atoms with Crippen LogP contribution in [0, 0.1) is 6.92 Å². The lowest BCUT2D eigenvalue weighted by atomic mass is 10.1. The Bertz CT molecular complexity index is 429. The van der Waals surface area contributed by atoms with Crippen molar-refractivity contribution in [2.24, 2.45) is 0 Å². The zero-order valence-corrected chi connectivity index (χ0v) is 11.2. The molecule has 0 atom stereocenters. The van der Waals surface area contributed by atoms with Crippen molar-refractivity contribution < 1.29 is 14.3 Å². The molecule has 0 saturated carbocycles. The van der Waals surface area contributed by atoms with Crippen LogP contribution in [0.3, 0.4) is 0 Å². The minimum absolute atomic E-state index is 0.0576. The predicted octanol–water partition coefficient (Wildman–Crippen LogP) is 2.70. The van der Waals surface area contributed by atoms with Crippen molar-refractivity contribution in [1.29, 1.82) is 0 Å². The molecule has 98 valence electrons. The highest BCUT2D eigenvalue weighted by Gasteiger charge is 2.16. The fourth-order valence-corrected chi connectivity index (χ4v) is 1.31. The van der Waals surface area contributed by atoms with Gasteiger partial charge >= 0.3 is 6.09 Å². The second-order valence-corrected chi connectivity index (χ2v) is 5.14. The van der Waals surface area contributed by atoms with E-state index in [0.29, 0.717) is 5.56 Å². The molecule has 4 nitrogen and oxygen atoms in total. The van der Waals surface area contributed by atoms with E-state index in [1.54, 1.807) is 32.9 Å². The van der Waals surface area contributed by atoms with E-state index in [1.807, 2.05) is 19.1 Å². The van der Waals surface area contributed by atoms with Crippen molar-refractivity contribution in [3.05, 3.63) is 35.4 Å². The maximum Gasteiger partial charge on any atom is 0.408 e. The number of ether oxygens (including phenoxy) is 1. The van der Waals surface area contributed by atoms with Crippen LogP contribution in [-0.2, 0) is 4.74 Å². The molecular formula is C14H19NO3. The second-order valence-electron chi connectivity index (χ2n) is 5.14. The summed E-state index contributed by atoms with van der Waals surface area (Å²) in [5, 5.41) is 2.44. The second kappa shape index (κ2) is 5.67. The predicted molar refractivity (Wildman–Crippen MR) is 69.7 cm³/mol. The molecule has 0 aliphatic rings. The Morgan fingerprint density at radius 1 is 1.17 bits per heavy atom. The fourth-order valence-electron chi connectivity index (χ4n) is 1.31. The van der Waals surface area contributed by atoms with Gasteiger partial charge in [-0.15, -0.1) is 0 Å². The average Bonchev–Trinajstić information content (AvgIpc) is 2.24. The summed E-state index contributed by atoms with van der Waals surface area (Å²) in [6, 6.07) is 7.21. The van der Waals surface area contributed by atoms with Crippen molar-refractivity contribution in [1.82, 2.24) is 5.32 Å². The number of rotatable bonds is 3. The first-order valence-electron chi connectivity index (χ1n) is 5.84. The van der Waals surface area contributed by atoms with Gasteiger partial charge in [0.1, 0.15) is 5.60 Å². The molecule has 0 heterocycles. The number of ketones is 1. The molecular weight excluding hydrogens is 230 g/mol. The molecule has 0 aromatic heterocycles. The van der Waals surface area contributed by atoms with Crippen LogP contribution in [0.4, 0.5) is 4.79 Å². The van der Waals surface area contributed by atoms with Crippen molar-refractivity contribution in [3.8, 4) is 0 Å². The SMILES string of the molecule is Cc1ccc(C(=O)CNC(=O)OC(C)(C)C)cc1. The van der Waals surface area contributed by atoms with Gasteiger partial charge in [0.2, 0.25) is 0 Å². The summed E-state index contributed by atoms with van der Waals surface area (Å²) in [5.74, 6) is -0.138. The van der Waals surface area contributed by atoms with Gasteiger partial charge in [0.25, 0.3) is 0 Å². The smallest absolute Gasteiger partial charge is 0.408 e. The maximum absolute atomic E-state index is 11.8. The summed E-state index contributed by atoms with van der Waals surface area (Å²) >= 11 is 0. The summed E-state index contributed by atoms with van der Waals surface area (Å²) in [7, 11) is 0. The molecule has 0 unspecified atom stereocenters. The third-order valence-corrected chi connectivity index (χ3v) is 2.17. The molecule has 0 bridgehead atoms. The first-order chi connectivity index (χ1) is 8.28. The largest absolute Gasteiger partial charge is 0.444 e. The van der Waals surface area contributed by atoms with E-state index in [1.165, 1.54) is 0 Å². The van der Waals surface area contributed by atoms with E-state index in [0.717, 1.165) is 5.56 Å². The zero-order valence-electron chi connectivity index (χ0n) is 11.2.